The van der Waals surface area contributed by atoms with Crippen molar-refractivity contribution in [2.24, 2.45) is 17.8 Å². The van der Waals surface area contributed by atoms with E-state index >= 15 is 0 Å². The average molecular weight is 385 g/mol. The minimum atomic E-state index is -0.0478. The summed E-state index contributed by atoms with van der Waals surface area (Å²) in [4.78, 5) is 24.1. The maximum Gasteiger partial charge on any atom is 0.223 e. The lowest BCUT2D eigenvalue weighted by molar-refractivity contribution is -0.125. The fourth-order valence-corrected chi connectivity index (χ4v) is 6.14. The van der Waals surface area contributed by atoms with Gasteiger partial charge in [0.2, 0.25) is 5.91 Å². The van der Waals surface area contributed by atoms with Gasteiger partial charge in [-0.05, 0) is 32.6 Å². The van der Waals surface area contributed by atoms with Crippen LogP contribution in [-0.4, -0.2) is 47.2 Å². The normalized spacial score (nSPS) is 35.0. The number of hydrogen-bond donors (Lipinski definition) is 1. The smallest absolute Gasteiger partial charge is 0.223 e. The van der Waals surface area contributed by atoms with Crippen LogP contribution in [0.3, 0.4) is 0 Å². The number of nitrogens with zero attached hydrogens (tertiary/aromatic N) is 3. The number of rotatable bonds is 4. The molecule has 3 aliphatic heterocycles. The fourth-order valence-electron chi connectivity index (χ4n) is 6.14. The predicted octanol–water partition coefficient (Wildman–Crippen LogP) is 2.86. The molecular weight excluding hydrogens is 352 g/mol. The largest absolute Gasteiger partial charge is 0.369 e. The van der Waals surface area contributed by atoms with Gasteiger partial charge in [-0.2, -0.15) is 0 Å². The molecule has 28 heavy (non-hydrogen) atoms. The number of fused-ring (bicyclic) bond motifs is 1. The Kier molecular flexibility index (Phi) is 4.77. The lowest BCUT2D eigenvalue weighted by Gasteiger charge is -2.29. The van der Waals surface area contributed by atoms with Crippen LogP contribution in [0.1, 0.15) is 57.1 Å². The van der Waals surface area contributed by atoms with Crippen LogP contribution in [0.5, 0.6) is 0 Å². The Morgan fingerprint density at radius 3 is 2.86 bits per heavy atom. The van der Waals surface area contributed by atoms with Gasteiger partial charge in [-0.3, -0.25) is 9.78 Å². The van der Waals surface area contributed by atoms with Gasteiger partial charge in [0.1, 0.15) is 5.82 Å². The molecule has 1 aromatic heterocycles. The molecule has 2 bridgehead atoms. The number of ether oxygens (including phenoxy) is 1. The van der Waals surface area contributed by atoms with E-state index in [0.717, 1.165) is 56.8 Å². The van der Waals surface area contributed by atoms with E-state index in [0.29, 0.717) is 17.9 Å². The van der Waals surface area contributed by atoms with Crippen molar-refractivity contribution >= 4 is 11.7 Å². The summed E-state index contributed by atoms with van der Waals surface area (Å²) < 4.78 is 6.54. The van der Waals surface area contributed by atoms with Crippen molar-refractivity contribution in [2.45, 2.75) is 70.0 Å². The van der Waals surface area contributed by atoms with Crippen LogP contribution in [0.25, 0.3) is 0 Å². The molecule has 6 heteroatoms. The summed E-state index contributed by atoms with van der Waals surface area (Å²) in [6.45, 7) is 4.61. The minimum Gasteiger partial charge on any atom is -0.369 e. The van der Waals surface area contributed by atoms with Gasteiger partial charge >= 0.3 is 0 Å². The Bertz CT molecular complexity index is 733. The number of nitrogens with one attached hydrogen (secondary N) is 1. The van der Waals surface area contributed by atoms with Gasteiger partial charge in [-0.25, -0.2) is 4.98 Å². The zero-order valence-corrected chi connectivity index (χ0v) is 16.9. The molecule has 0 aromatic carbocycles. The van der Waals surface area contributed by atoms with Crippen LogP contribution >= 0.6 is 0 Å². The van der Waals surface area contributed by atoms with Crippen molar-refractivity contribution in [3.8, 4) is 0 Å². The molecule has 1 saturated carbocycles. The highest BCUT2D eigenvalue weighted by Gasteiger charge is 2.63. The quantitative estimate of drug-likeness (QED) is 0.809. The molecule has 1 aliphatic carbocycles. The van der Waals surface area contributed by atoms with Crippen molar-refractivity contribution in [1.29, 1.82) is 0 Å². The van der Waals surface area contributed by atoms with Gasteiger partial charge in [0.15, 0.2) is 0 Å². The molecule has 0 radical (unpaired) electrons. The average Bonchev–Trinajstić information content (AvgIpc) is 3.27. The van der Waals surface area contributed by atoms with Crippen molar-refractivity contribution < 1.29 is 9.53 Å². The summed E-state index contributed by atoms with van der Waals surface area (Å²) in [5.41, 5.74) is 0.901. The predicted molar refractivity (Wildman–Crippen MR) is 107 cm³/mol. The first-order valence-corrected chi connectivity index (χ1v) is 11.1. The van der Waals surface area contributed by atoms with Crippen LogP contribution in [0.15, 0.2) is 12.4 Å². The zero-order valence-electron chi connectivity index (χ0n) is 16.9. The van der Waals surface area contributed by atoms with E-state index in [9.17, 15) is 4.79 Å². The zero-order chi connectivity index (χ0) is 19.1. The maximum atomic E-state index is 12.7. The standard InChI is InChI=1S/C22H32N4O2/c1-15-10-23-12-20(25-15)26-13-18-17(19-8-9-22(18,14-26)28-19)11-24-21(27)16-6-4-2-3-5-7-16/h10,12,16-19H,2-9,11,13-14H2,1H3,(H,24,27)/t17-,18+,19+,22+/m0/s1. The summed E-state index contributed by atoms with van der Waals surface area (Å²) in [6, 6.07) is 0. The number of carbonyl (C=O) groups is 1. The van der Waals surface area contributed by atoms with E-state index < -0.39 is 0 Å². The van der Waals surface area contributed by atoms with Crippen molar-refractivity contribution in [1.82, 2.24) is 15.3 Å². The van der Waals surface area contributed by atoms with Gasteiger partial charge in [0.25, 0.3) is 0 Å². The Labute approximate surface area is 167 Å². The van der Waals surface area contributed by atoms with E-state index in [1.807, 2.05) is 13.1 Å². The van der Waals surface area contributed by atoms with E-state index in [4.69, 9.17) is 4.74 Å². The van der Waals surface area contributed by atoms with Crippen molar-refractivity contribution in [3.63, 3.8) is 0 Å². The number of carbonyl (C=O) groups excluding carboxylic acids is 1. The number of hydrogen-bond acceptors (Lipinski definition) is 5. The van der Waals surface area contributed by atoms with E-state index in [-0.39, 0.29) is 17.4 Å². The molecule has 4 atom stereocenters. The second kappa shape index (κ2) is 7.29. The highest BCUT2D eigenvalue weighted by molar-refractivity contribution is 5.78. The molecule has 0 unspecified atom stereocenters. The fraction of sp³-hybridized carbons (Fsp3) is 0.773. The molecule has 1 amide bonds. The minimum absolute atomic E-state index is 0.0478. The van der Waals surface area contributed by atoms with Crippen molar-refractivity contribution in [2.75, 3.05) is 24.5 Å². The number of anilines is 1. The van der Waals surface area contributed by atoms with Crippen LogP contribution < -0.4 is 10.2 Å². The van der Waals surface area contributed by atoms with Gasteiger partial charge in [0.05, 0.1) is 23.6 Å². The summed E-state index contributed by atoms with van der Waals surface area (Å²) in [5, 5.41) is 3.31. The molecular formula is C22H32N4O2. The van der Waals surface area contributed by atoms with Gasteiger partial charge < -0.3 is 15.0 Å². The molecule has 6 nitrogen and oxygen atoms in total. The highest BCUT2D eigenvalue weighted by atomic mass is 16.5. The Balaban J connectivity index is 1.25. The lowest BCUT2D eigenvalue weighted by atomic mass is 9.73. The topological polar surface area (TPSA) is 67.4 Å². The monoisotopic (exact) mass is 384 g/mol. The number of amides is 1. The van der Waals surface area contributed by atoms with Crippen LogP contribution in [-0.2, 0) is 9.53 Å². The van der Waals surface area contributed by atoms with Gasteiger partial charge in [-0.1, -0.05) is 25.7 Å². The van der Waals surface area contributed by atoms with E-state index in [1.54, 1.807) is 6.20 Å². The Morgan fingerprint density at radius 1 is 1.25 bits per heavy atom. The second-order valence-electron chi connectivity index (χ2n) is 9.36. The molecule has 152 valence electrons. The lowest BCUT2D eigenvalue weighted by Crippen LogP contribution is -2.43. The SMILES string of the molecule is Cc1cncc(N2C[C@@H]3[C@H](CNC(=O)C4CCCCCC4)[C@H]4CC[C@]3(C2)O4)n1. The highest BCUT2D eigenvalue weighted by Crippen LogP contribution is 2.55. The molecule has 4 heterocycles. The van der Waals surface area contributed by atoms with Crippen LogP contribution in [0, 0.1) is 24.7 Å². The number of aromatic nitrogens is 2. The second-order valence-corrected chi connectivity index (χ2v) is 9.36. The first kappa shape index (κ1) is 18.3. The maximum absolute atomic E-state index is 12.7. The van der Waals surface area contributed by atoms with Crippen LogP contribution in [0.4, 0.5) is 5.82 Å². The Morgan fingerprint density at radius 2 is 2.07 bits per heavy atom. The van der Waals surface area contributed by atoms with Crippen LogP contribution in [0.2, 0.25) is 0 Å². The van der Waals surface area contributed by atoms with Crippen molar-refractivity contribution in [3.05, 3.63) is 18.1 Å². The Hall–Kier alpha value is -1.69. The first-order chi connectivity index (χ1) is 13.6. The summed E-state index contributed by atoms with van der Waals surface area (Å²) in [6.07, 6.45) is 13.3. The summed E-state index contributed by atoms with van der Waals surface area (Å²) >= 11 is 0. The molecule has 1 N–H and O–H groups in total. The third-order valence-corrected chi connectivity index (χ3v) is 7.59. The third kappa shape index (κ3) is 3.19. The molecule has 1 spiro atoms. The molecule has 1 aromatic rings. The number of aryl methyl sites for hydroxylation is 1. The molecule has 3 saturated heterocycles. The molecule has 4 aliphatic rings. The van der Waals surface area contributed by atoms with Gasteiger partial charge in [-0.15, -0.1) is 0 Å². The summed E-state index contributed by atoms with van der Waals surface area (Å²) in [5.74, 6) is 2.35. The van der Waals surface area contributed by atoms with Gasteiger partial charge in [0, 0.05) is 43.6 Å². The first-order valence-electron chi connectivity index (χ1n) is 11.1. The van der Waals surface area contributed by atoms with E-state index in [2.05, 4.69) is 20.2 Å². The van der Waals surface area contributed by atoms with E-state index in [1.165, 1.54) is 25.7 Å². The third-order valence-electron chi connectivity index (χ3n) is 7.59. The molecule has 5 rings (SSSR count). The summed E-state index contributed by atoms with van der Waals surface area (Å²) in [7, 11) is 0. The molecule has 4 fully saturated rings.